The van der Waals surface area contributed by atoms with E-state index >= 15 is 4.39 Å². The number of pyridine rings is 1. The van der Waals surface area contributed by atoms with Crippen LogP contribution in [0, 0.1) is 5.82 Å². The SMILES string of the molecule is COc1cc2nccc(Cc3ccc(NOc4cccc(-c5ncccn5)c4)cc3F)c2cc1OC. The maximum atomic E-state index is 15.0. The van der Waals surface area contributed by atoms with Crippen molar-refractivity contribution in [3.63, 3.8) is 0 Å². The molecule has 2 aromatic heterocycles. The number of nitrogens with zero attached hydrogens (tertiary/aromatic N) is 3. The normalized spacial score (nSPS) is 10.8. The van der Waals surface area contributed by atoms with Gasteiger partial charge in [-0.1, -0.05) is 18.2 Å². The highest BCUT2D eigenvalue weighted by atomic mass is 19.1. The van der Waals surface area contributed by atoms with Crippen LogP contribution in [0.3, 0.4) is 0 Å². The topological polar surface area (TPSA) is 78.4 Å². The quantitative estimate of drug-likeness (QED) is 0.278. The average Bonchev–Trinajstić information content (AvgIpc) is 2.93. The van der Waals surface area contributed by atoms with Crippen LogP contribution in [0.15, 0.2) is 85.3 Å². The van der Waals surface area contributed by atoms with Crippen molar-refractivity contribution in [1.29, 1.82) is 0 Å². The maximum absolute atomic E-state index is 15.0. The van der Waals surface area contributed by atoms with Crippen molar-refractivity contribution in [3.05, 3.63) is 102 Å². The molecule has 0 bridgehead atoms. The molecule has 1 N–H and O–H groups in total. The van der Waals surface area contributed by atoms with Gasteiger partial charge in [-0.15, -0.1) is 0 Å². The van der Waals surface area contributed by atoms with Crippen molar-refractivity contribution >= 4 is 16.6 Å². The van der Waals surface area contributed by atoms with E-state index in [9.17, 15) is 0 Å². The van der Waals surface area contributed by atoms with Gasteiger partial charge in [0.1, 0.15) is 5.82 Å². The Morgan fingerprint density at radius 2 is 1.58 bits per heavy atom. The van der Waals surface area contributed by atoms with Crippen molar-refractivity contribution < 1.29 is 18.7 Å². The minimum Gasteiger partial charge on any atom is -0.493 e. The van der Waals surface area contributed by atoms with E-state index in [2.05, 4.69) is 20.4 Å². The molecule has 3 aromatic carbocycles. The highest BCUT2D eigenvalue weighted by molar-refractivity contribution is 5.86. The van der Waals surface area contributed by atoms with E-state index in [1.165, 1.54) is 6.07 Å². The molecule has 0 atom stereocenters. The minimum absolute atomic E-state index is 0.347. The Morgan fingerprint density at radius 1 is 0.778 bits per heavy atom. The molecule has 0 unspecified atom stereocenters. The van der Waals surface area contributed by atoms with E-state index in [1.54, 1.807) is 57.1 Å². The molecule has 0 aliphatic heterocycles. The highest BCUT2D eigenvalue weighted by Gasteiger charge is 2.12. The Balaban J connectivity index is 1.32. The van der Waals surface area contributed by atoms with Crippen LogP contribution in [0.25, 0.3) is 22.3 Å². The number of rotatable bonds is 8. The number of hydrogen-bond acceptors (Lipinski definition) is 7. The standard InChI is InChI=1S/C28H23FN4O3/c1-34-26-16-23-18(9-12-30-25(23)17-27(26)35-2)13-19-7-8-21(15-24(19)29)33-36-22-6-3-5-20(14-22)28-31-10-4-11-32-28/h3-12,14-17,33H,13H2,1-2H3. The van der Waals surface area contributed by atoms with E-state index in [0.29, 0.717) is 40.7 Å². The van der Waals surface area contributed by atoms with Gasteiger partial charge in [-0.25, -0.2) is 19.8 Å². The van der Waals surface area contributed by atoms with Gasteiger partial charge in [0.15, 0.2) is 23.1 Å². The smallest absolute Gasteiger partial charge is 0.162 e. The van der Waals surface area contributed by atoms with Crippen LogP contribution in [-0.4, -0.2) is 29.2 Å². The lowest BCUT2D eigenvalue weighted by atomic mass is 10.00. The van der Waals surface area contributed by atoms with Gasteiger partial charge >= 0.3 is 0 Å². The Bertz CT molecular complexity index is 1510. The van der Waals surface area contributed by atoms with Gasteiger partial charge in [0.2, 0.25) is 0 Å². The number of aromatic nitrogens is 3. The van der Waals surface area contributed by atoms with Crippen molar-refractivity contribution in [3.8, 4) is 28.6 Å². The zero-order valence-electron chi connectivity index (χ0n) is 19.7. The summed E-state index contributed by atoms with van der Waals surface area (Å²) in [6.45, 7) is 0. The molecule has 5 rings (SSSR count). The number of hydrogen-bond donors (Lipinski definition) is 1. The summed E-state index contributed by atoms with van der Waals surface area (Å²) in [5, 5.41) is 0.877. The first-order valence-electron chi connectivity index (χ1n) is 11.2. The van der Waals surface area contributed by atoms with Gasteiger partial charge in [0.05, 0.1) is 25.4 Å². The molecule has 8 heteroatoms. The lowest BCUT2D eigenvalue weighted by molar-refractivity contribution is 0.356. The minimum atomic E-state index is -0.347. The molecule has 0 saturated heterocycles. The fraction of sp³-hybridized carbons (Fsp3) is 0.107. The van der Waals surface area contributed by atoms with Gasteiger partial charge in [0.25, 0.3) is 0 Å². The number of benzene rings is 3. The molecule has 0 radical (unpaired) electrons. The zero-order valence-corrected chi connectivity index (χ0v) is 19.7. The summed E-state index contributed by atoms with van der Waals surface area (Å²) in [6.07, 6.45) is 5.46. The number of ether oxygens (including phenoxy) is 2. The van der Waals surface area contributed by atoms with E-state index < -0.39 is 0 Å². The first-order chi connectivity index (χ1) is 17.6. The number of nitrogens with one attached hydrogen (secondary N) is 1. The summed E-state index contributed by atoms with van der Waals surface area (Å²) in [6, 6.07) is 19.6. The Hall–Kier alpha value is -4.72. The summed E-state index contributed by atoms with van der Waals surface area (Å²) < 4.78 is 25.8. The molecule has 5 aromatic rings. The van der Waals surface area contributed by atoms with Crippen molar-refractivity contribution in [2.45, 2.75) is 6.42 Å². The zero-order chi connectivity index (χ0) is 24.9. The second-order valence-electron chi connectivity index (χ2n) is 7.98. The van der Waals surface area contributed by atoms with Crippen LogP contribution in [-0.2, 0) is 6.42 Å². The van der Waals surface area contributed by atoms with E-state index in [4.69, 9.17) is 14.3 Å². The molecule has 2 heterocycles. The molecule has 0 spiro atoms. The molecule has 0 saturated carbocycles. The van der Waals surface area contributed by atoms with Crippen LogP contribution in [0.2, 0.25) is 0 Å². The van der Waals surface area contributed by atoms with E-state index in [0.717, 1.165) is 22.0 Å². The third kappa shape index (κ3) is 4.88. The first kappa shape index (κ1) is 23.0. The third-order valence-corrected chi connectivity index (χ3v) is 5.72. The molecule has 36 heavy (non-hydrogen) atoms. The molecule has 7 nitrogen and oxygen atoms in total. The Kier molecular flexibility index (Phi) is 6.57. The number of anilines is 1. The molecule has 0 aliphatic rings. The fourth-order valence-electron chi connectivity index (χ4n) is 3.91. The van der Waals surface area contributed by atoms with Crippen LogP contribution in [0.1, 0.15) is 11.1 Å². The summed E-state index contributed by atoms with van der Waals surface area (Å²) >= 11 is 0. The van der Waals surface area contributed by atoms with Crippen LogP contribution >= 0.6 is 0 Å². The lowest BCUT2D eigenvalue weighted by Gasteiger charge is -2.13. The van der Waals surface area contributed by atoms with E-state index in [1.807, 2.05) is 36.4 Å². The fourth-order valence-corrected chi connectivity index (χ4v) is 3.91. The Morgan fingerprint density at radius 3 is 2.36 bits per heavy atom. The predicted octanol–water partition coefficient (Wildman–Crippen LogP) is 5.84. The second kappa shape index (κ2) is 10.3. The monoisotopic (exact) mass is 482 g/mol. The van der Waals surface area contributed by atoms with Gasteiger partial charge in [-0.3, -0.25) is 4.98 Å². The number of fused-ring (bicyclic) bond motifs is 1. The first-order valence-corrected chi connectivity index (χ1v) is 11.2. The van der Waals surface area contributed by atoms with Crippen molar-refractivity contribution in [1.82, 2.24) is 15.0 Å². The largest absolute Gasteiger partial charge is 0.493 e. The summed E-state index contributed by atoms with van der Waals surface area (Å²) in [4.78, 5) is 18.6. The van der Waals surface area contributed by atoms with Gasteiger partial charge in [-0.05, 0) is 47.5 Å². The van der Waals surface area contributed by atoms with Crippen LogP contribution in [0.5, 0.6) is 17.2 Å². The van der Waals surface area contributed by atoms with E-state index in [-0.39, 0.29) is 5.82 Å². The van der Waals surface area contributed by atoms with Gasteiger partial charge in [-0.2, -0.15) is 0 Å². The predicted molar refractivity (Wildman–Crippen MR) is 136 cm³/mol. The molecular weight excluding hydrogens is 459 g/mol. The molecule has 0 aliphatic carbocycles. The van der Waals surface area contributed by atoms with Crippen molar-refractivity contribution in [2.24, 2.45) is 0 Å². The lowest BCUT2D eigenvalue weighted by Crippen LogP contribution is -2.06. The molecular formula is C28H23FN4O3. The van der Waals surface area contributed by atoms with Gasteiger partial charge < -0.3 is 14.3 Å². The average molecular weight is 483 g/mol. The van der Waals surface area contributed by atoms with Crippen LogP contribution in [0.4, 0.5) is 10.1 Å². The Labute approximate surface area is 207 Å². The van der Waals surface area contributed by atoms with Crippen LogP contribution < -0.4 is 19.8 Å². The number of halogens is 1. The van der Waals surface area contributed by atoms with Crippen molar-refractivity contribution in [2.75, 3.05) is 19.7 Å². The highest BCUT2D eigenvalue weighted by Crippen LogP contribution is 2.33. The number of methoxy groups -OCH3 is 2. The summed E-state index contributed by atoms with van der Waals surface area (Å²) in [5.41, 5.74) is 6.34. The van der Waals surface area contributed by atoms with Gasteiger partial charge in [0, 0.05) is 48.1 Å². The summed E-state index contributed by atoms with van der Waals surface area (Å²) in [5.74, 6) is 1.99. The second-order valence-corrected chi connectivity index (χ2v) is 7.98. The third-order valence-electron chi connectivity index (χ3n) is 5.72. The molecule has 180 valence electrons. The molecule has 0 fully saturated rings. The molecule has 0 amide bonds. The maximum Gasteiger partial charge on any atom is 0.162 e. The summed E-state index contributed by atoms with van der Waals surface area (Å²) in [7, 11) is 3.16.